The summed E-state index contributed by atoms with van der Waals surface area (Å²) in [6, 6.07) is 15.8. The van der Waals surface area contributed by atoms with E-state index >= 15 is 0 Å². The van der Waals surface area contributed by atoms with Gasteiger partial charge in [0, 0.05) is 44.5 Å². The highest BCUT2D eigenvalue weighted by atomic mass is 79.9. The highest BCUT2D eigenvalue weighted by Gasteiger charge is 2.22. The second-order valence-corrected chi connectivity index (χ2v) is 6.96. The first kappa shape index (κ1) is 18.7. The fourth-order valence-corrected chi connectivity index (χ4v) is 3.47. The normalized spacial score (nSPS) is 14.4. The van der Waals surface area contributed by atoms with Crippen LogP contribution in [0, 0.1) is 0 Å². The average Bonchev–Trinajstić information content (AvgIpc) is 2.69. The molecule has 1 amide bonds. The number of ether oxygens (including phenoxy) is 2. The summed E-state index contributed by atoms with van der Waals surface area (Å²) in [5.41, 5.74) is 1.88. The van der Waals surface area contributed by atoms with Crippen molar-refractivity contribution in [3.8, 4) is 5.75 Å². The van der Waals surface area contributed by atoms with Crippen LogP contribution >= 0.6 is 15.9 Å². The number of carbonyl (C=O) groups is 1. The van der Waals surface area contributed by atoms with Crippen LogP contribution in [0.1, 0.15) is 10.4 Å². The number of methoxy groups -OCH3 is 1. The minimum atomic E-state index is 0.0573. The fraction of sp³-hybridized carbons (Fsp3) is 0.350. The SMILES string of the molecule is COCCOc1ccc(C(=O)N2CCN(c3ccccc3)CC2)cc1Br. The molecule has 0 aromatic heterocycles. The molecule has 1 aliphatic heterocycles. The number of halogens is 1. The summed E-state index contributed by atoms with van der Waals surface area (Å²) in [7, 11) is 1.64. The summed E-state index contributed by atoms with van der Waals surface area (Å²) >= 11 is 3.49. The van der Waals surface area contributed by atoms with E-state index in [1.807, 2.05) is 41.3 Å². The largest absolute Gasteiger partial charge is 0.490 e. The van der Waals surface area contributed by atoms with E-state index in [0.717, 1.165) is 30.7 Å². The van der Waals surface area contributed by atoms with Crippen LogP contribution in [0.5, 0.6) is 5.75 Å². The molecule has 5 nitrogen and oxygen atoms in total. The Morgan fingerprint density at radius 2 is 1.77 bits per heavy atom. The lowest BCUT2D eigenvalue weighted by Crippen LogP contribution is -2.48. The van der Waals surface area contributed by atoms with Gasteiger partial charge in [-0.2, -0.15) is 0 Å². The lowest BCUT2D eigenvalue weighted by Gasteiger charge is -2.36. The van der Waals surface area contributed by atoms with Crippen molar-refractivity contribution < 1.29 is 14.3 Å². The highest BCUT2D eigenvalue weighted by molar-refractivity contribution is 9.10. The number of rotatable bonds is 6. The molecule has 26 heavy (non-hydrogen) atoms. The highest BCUT2D eigenvalue weighted by Crippen LogP contribution is 2.27. The number of nitrogens with zero attached hydrogens (tertiary/aromatic N) is 2. The van der Waals surface area contributed by atoms with Crippen LogP contribution in [0.25, 0.3) is 0 Å². The van der Waals surface area contributed by atoms with Gasteiger partial charge in [0.05, 0.1) is 11.1 Å². The van der Waals surface area contributed by atoms with Crippen LogP contribution in [0.2, 0.25) is 0 Å². The van der Waals surface area contributed by atoms with Gasteiger partial charge < -0.3 is 19.3 Å². The number of piperazine rings is 1. The first-order valence-corrected chi connectivity index (χ1v) is 9.49. The van der Waals surface area contributed by atoms with E-state index in [-0.39, 0.29) is 5.91 Å². The lowest BCUT2D eigenvalue weighted by atomic mass is 10.1. The number of para-hydroxylation sites is 1. The van der Waals surface area contributed by atoms with Gasteiger partial charge in [-0.25, -0.2) is 0 Å². The molecule has 2 aromatic rings. The molecule has 0 spiro atoms. The average molecular weight is 419 g/mol. The van der Waals surface area contributed by atoms with Crippen molar-refractivity contribution in [1.82, 2.24) is 4.90 Å². The minimum absolute atomic E-state index is 0.0573. The van der Waals surface area contributed by atoms with Crippen molar-refractivity contribution in [2.45, 2.75) is 0 Å². The standard InChI is InChI=1S/C20H23BrN2O3/c1-25-13-14-26-19-8-7-16(15-18(19)21)20(24)23-11-9-22(10-12-23)17-5-3-2-4-6-17/h2-8,15H,9-14H2,1H3. The third-order valence-corrected chi connectivity index (χ3v) is 5.03. The maximum absolute atomic E-state index is 12.8. The zero-order valence-electron chi connectivity index (χ0n) is 14.9. The first-order valence-electron chi connectivity index (χ1n) is 8.69. The smallest absolute Gasteiger partial charge is 0.254 e. The monoisotopic (exact) mass is 418 g/mol. The summed E-state index contributed by atoms with van der Waals surface area (Å²) in [5, 5.41) is 0. The van der Waals surface area contributed by atoms with Crippen molar-refractivity contribution in [2.24, 2.45) is 0 Å². The van der Waals surface area contributed by atoms with Gasteiger partial charge in [-0.1, -0.05) is 18.2 Å². The fourth-order valence-electron chi connectivity index (χ4n) is 2.98. The van der Waals surface area contributed by atoms with Gasteiger partial charge in [0.2, 0.25) is 0 Å². The Labute approximate surface area is 162 Å². The van der Waals surface area contributed by atoms with Crippen molar-refractivity contribution in [3.63, 3.8) is 0 Å². The predicted octanol–water partition coefficient (Wildman–Crippen LogP) is 3.44. The maximum Gasteiger partial charge on any atom is 0.254 e. The molecule has 1 heterocycles. The lowest BCUT2D eigenvalue weighted by molar-refractivity contribution is 0.0746. The molecular weight excluding hydrogens is 396 g/mol. The summed E-state index contributed by atoms with van der Waals surface area (Å²) in [5.74, 6) is 0.773. The second kappa shape index (κ2) is 9.05. The van der Waals surface area contributed by atoms with Crippen molar-refractivity contribution >= 4 is 27.5 Å². The molecule has 0 atom stereocenters. The minimum Gasteiger partial charge on any atom is -0.490 e. The number of carbonyl (C=O) groups excluding carboxylic acids is 1. The van der Waals surface area contributed by atoms with E-state index in [2.05, 4.69) is 33.0 Å². The van der Waals surface area contributed by atoms with Crippen LogP contribution in [-0.4, -0.2) is 57.3 Å². The maximum atomic E-state index is 12.8. The van der Waals surface area contributed by atoms with Gasteiger partial charge in [-0.05, 0) is 46.3 Å². The molecular formula is C20H23BrN2O3. The topological polar surface area (TPSA) is 42.0 Å². The molecule has 138 valence electrons. The number of hydrogen-bond donors (Lipinski definition) is 0. The van der Waals surface area contributed by atoms with Gasteiger partial charge in [-0.3, -0.25) is 4.79 Å². The van der Waals surface area contributed by atoms with E-state index in [9.17, 15) is 4.79 Å². The molecule has 0 unspecified atom stereocenters. The van der Waals surface area contributed by atoms with Gasteiger partial charge in [0.15, 0.2) is 0 Å². The van der Waals surface area contributed by atoms with Gasteiger partial charge in [0.1, 0.15) is 12.4 Å². The van der Waals surface area contributed by atoms with E-state index in [1.165, 1.54) is 5.69 Å². The Hall–Kier alpha value is -2.05. The Bertz CT molecular complexity index is 731. The Morgan fingerprint density at radius 1 is 1.04 bits per heavy atom. The third kappa shape index (κ3) is 4.56. The number of hydrogen-bond acceptors (Lipinski definition) is 4. The Kier molecular flexibility index (Phi) is 6.52. The van der Waals surface area contributed by atoms with Gasteiger partial charge in [0.25, 0.3) is 5.91 Å². The Balaban J connectivity index is 1.59. The van der Waals surface area contributed by atoms with Crippen LogP contribution < -0.4 is 9.64 Å². The van der Waals surface area contributed by atoms with Gasteiger partial charge >= 0.3 is 0 Å². The number of benzene rings is 2. The molecule has 0 aliphatic carbocycles. The first-order chi connectivity index (χ1) is 12.7. The summed E-state index contributed by atoms with van der Waals surface area (Å²) in [4.78, 5) is 17.0. The summed E-state index contributed by atoms with van der Waals surface area (Å²) in [6.45, 7) is 4.13. The summed E-state index contributed by atoms with van der Waals surface area (Å²) in [6.07, 6.45) is 0. The molecule has 1 aliphatic rings. The number of amides is 1. The van der Waals surface area contributed by atoms with Crippen LogP contribution in [0.3, 0.4) is 0 Å². The molecule has 0 saturated carbocycles. The third-order valence-electron chi connectivity index (χ3n) is 4.41. The van der Waals surface area contributed by atoms with Gasteiger partial charge in [-0.15, -0.1) is 0 Å². The van der Waals surface area contributed by atoms with E-state index < -0.39 is 0 Å². The van der Waals surface area contributed by atoms with Crippen LogP contribution in [0.4, 0.5) is 5.69 Å². The van der Waals surface area contributed by atoms with E-state index in [4.69, 9.17) is 9.47 Å². The molecule has 3 rings (SSSR count). The Morgan fingerprint density at radius 3 is 2.42 bits per heavy atom. The van der Waals surface area contributed by atoms with Crippen LogP contribution in [-0.2, 0) is 4.74 Å². The van der Waals surface area contributed by atoms with Crippen molar-refractivity contribution in [1.29, 1.82) is 0 Å². The summed E-state index contributed by atoms with van der Waals surface area (Å²) < 4.78 is 11.4. The molecule has 1 fully saturated rings. The predicted molar refractivity (Wildman–Crippen MR) is 106 cm³/mol. The molecule has 2 aromatic carbocycles. The number of anilines is 1. The van der Waals surface area contributed by atoms with Crippen molar-refractivity contribution in [2.75, 3.05) is 51.4 Å². The molecule has 1 saturated heterocycles. The molecule has 0 N–H and O–H groups in total. The zero-order valence-corrected chi connectivity index (χ0v) is 16.4. The van der Waals surface area contributed by atoms with Crippen molar-refractivity contribution in [3.05, 3.63) is 58.6 Å². The molecule has 0 bridgehead atoms. The van der Waals surface area contributed by atoms with Crippen LogP contribution in [0.15, 0.2) is 53.0 Å². The molecule has 6 heteroatoms. The quantitative estimate of drug-likeness (QED) is 0.673. The zero-order chi connectivity index (χ0) is 18.4. The van der Waals surface area contributed by atoms with E-state index in [0.29, 0.717) is 24.5 Å². The second-order valence-electron chi connectivity index (χ2n) is 6.10. The van der Waals surface area contributed by atoms with E-state index in [1.54, 1.807) is 7.11 Å². The molecule has 0 radical (unpaired) electrons.